The normalized spacial score (nSPS) is 16.7. The van der Waals surface area contributed by atoms with Crippen molar-refractivity contribution in [2.45, 2.75) is 39.5 Å². The predicted octanol–water partition coefficient (Wildman–Crippen LogP) is 0.811. The van der Waals surface area contributed by atoms with Crippen molar-refractivity contribution in [1.29, 1.82) is 0 Å². The molecule has 21 heavy (non-hydrogen) atoms. The zero-order valence-electron chi connectivity index (χ0n) is 13.2. The molecule has 2 N–H and O–H groups in total. The maximum absolute atomic E-state index is 12.6. The second-order valence-electron chi connectivity index (χ2n) is 6.52. The quantitative estimate of drug-likeness (QED) is 0.803. The van der Waals surface area contributed by atoms with Gasteiger partial charge in [0.1, 0.15) is 11.4 Å². The van der Waals surface area contributed by atoms with Crippen LogP contribution in [0.1, 0.15) is 49.1 Å². The topological polar surface area (TPSA) is 78.1 Å². The average Bonchev–Trinajstić information content (AvgIpc) is 2.65. The zero-order chi connectivity index (χ0) is 15.6. The Hall–Kier alpha value is -1.69. The maximum Gasteiger partial charge on any atom is 0.264 e. The van der Waals surface area contributed by atoms with Crippen molar-refractivity contribution in [1.82, 2.24) is 20.2 Å². The summed E-state index contributed by atoms with van der Waals surface area (Å²) in [5, 5.41) is 3.25. The molecule has 1 aromatic heterocycles. The second-order valence-corrected chi connectivity index (χ2v) is 6.52. The van der Waals surface area contributed by atoms with Gasteiger partial charge in [-0.05, 0) is 19.9 Å². The van der Waals surface area contributed by atoms with E-state index in [-0.39, 0.29) is 22.4 Å². The second kappa shape index (κ2) is 5.97. The van der Waals surface area contributed by atoms with E-state index in [4.69, 9.17) is 0 Å². The van der Waals surface area contributed by atoms with E-state index in [0.29, 0.717) is 24.6 Å². The third kappa shape index (κ3) is 3.50. The highest BCUT2D eigenvalue weighted by molar-refractivity contribution is 5.94. The molecule has 0 spiro atoms. The van der Waals surface area contributed by atoms with Crippen LogP contribution in [0.2, 0.25) is 0 Å². The summed E-state index contributed by atoms with van der Waals surface area (Å²) in [5.74, 6) is 0.393. The fourth-order valence-corrected chi connectivity index (χ4v) is 2.40. The standard InChI is InChI=1S/C15H24N4O2/c1-10-11(12(20)18-14(17-10)15(2,3)4)13(21)19-8-5-6-16-7-9-19/h16H,5-9H2,1-4H3,(H,17,18,20). The van der Waals surface area contributed by atoms with E-state index < -0.39 is 0 Å². The molecule has 2 rings (SSSR count). The number of carbonyl (C=O) groups excluding carboxylic acids is 1. The van der Waals surface area contributed by atoms with Crippen LogP contribution in [0, 0.1) is 6.92 Å². The van der Waals surface area contributed by atoms with E-state index in [0.717, 1.165) is 19.5 Å². The SMILES string of the molecule is Cc1nc(C(C)(C)C)[nH]c(=O)c1C(=O)N1CCCNCC1. The molecule has 1 amide bonds. The number of carbonyl (C=O) groups is 1. The Morgan fingerprint density at radius 3 is 2.57 bits per heavy atom. The Morgan fingerprint density at radius 2 is 1.95 bits per heavy atom. The van der Waals surface area contributed by atoms with E-state index >= 15 is 0 Å². The summed E-state index contributed by atoms with van der Waals surface area (Å²) >= 11 is 0. The number of aryl methyl sites for hydroxylation is 1. The number of hydrogen-bond donors (Lipinski definition) is 2. The molecular weight excluding hydrogens is 268 g/mol. The third-order valence-corrected chi connectivity index (χ3v) is 3.65. The van der Waals surface area contributed by atoms with Crippen molar-refractivity contribution in [3.8, 4) is 0 Å². The van der Waals surface area contributed by atoms with Gasteiger partial charge in [0, 0.05) is 25.0 Å². The number of hydrogen-bond acceptors (Lipinski definition) is 4. The Balaban J connectivity index is 2.35. The van der Waals surface area contributed by atoms with Crippen molar-refractivity contribution in [3.05, 3.63) is 27.4 Å². The van der Waals surface area contributed by atoms with Gasteiger partial charge >= 0.3 is 0 Å². The van der Waals surface area contributed by atoms with Crippen LogP contribution < -0.4 is 10.9 Å². The van der Waals surface area contributed by atoms with Gasteiger partial charge in [0.15, 0.2) is 0 Å². The van der Waals surface area contributed by atoms with E-state index in [2.05, 4.69) is 15.3 Å². The van der Waals surface area contributed by atoms with Gasteiger partial charge in [-0.1, -0.05) is 20.8 Å². The number of nitrogens with one attached hydrogen (secondary N) is 2. The minimum absolute atomic E-state index is 0.171. The van der Waals surface area contributed by atoms with E-state index in [1.54, 1.807) is 11.8 Å². The van der Waals surface area contributed by atoms with Gasteiger partial charge in [-0.25, -0.2) is 4.98 Å². The summed E-state index contributed by atoms with van der Waals surface area (Å²) in [4.78, 5) is 33.8. The minimum Gasteiger partial charge on any atom is -0.337 e. The zero-order valence-corrected chi connectivity index (χ0v) is 13.2. The molecule has 0 bridgehead atoms. The molecule has 1 aliphatic rings. The van der Waals surface area contributed by atoms with Crippen molar-refractivity contribution in [2.24, 2.45) is 0 Å². The highest BCUT2D eigenvalue weighted by Gasteiger charge is 2.25. The first kappa shape index (κ1) is 15.7. The van der Waals surface area contributed by atoms with Crippen LogP contribution >= 0.6 is 0 Å². The van der Waals surface area contributed by atoms with E-state index in [1.165, 1.54) is 0 Å². The molecule has 0 saturated carbocycles. The first-order chi connectivity index (χ1) is 9.80. The molecule has 1 saturated heterocycles. The van der Waals surface area contributed by atoms with E-state index in [1.807, 2.05) is 20.8 Å². The molecule has 1 fully saturated rings. The molecule has 0 unspecified atom stereocenters. The van der Waals surface area contributed by atoms with Gasteiger partial charge in [0.2, 0.25) is 0 Å². The molecule has 0 atom stereocenters. The molecule has 6 heteroatoms. The van der Waals surface area contributed by atoms with Gasteiger partial charge < -0.3 is 15.2 Å². The number of H-pyrrole nitrogens is 1. The number of aromatic nitrogens is 2. The molecule has 116 valence electrons. The highest BCUT2D eigenvalue weighted by Crippen LogP contribution is 2.17. The number of rotatable bonds is 1. The van der Waals surface area contributed by atoms with E-state index in [9.17, 15) is 9.59 Å². The van der Waals surface area contributed by atoms with Gasteiger partial charge in [-0.2, -0.15) is 0 Å². The van der Waals surface area contributed by atoms with Crippen LogP contribution in [0.3, 0.4) is 0 Å². The lowest BCUT2D eigenvalue weighted by molar-refractivity contribution is 0.0763. The first-order valence-electron chi connectivity index (χ1n) is 7.42. The number of amides is 1. The van der Waals surface area contributed by atoms with Crippen LogP contribution in [0.5, 0.6) is 0 Å². The van der Waals surface area contributed by atoms with Crippen LogP contribution in [-0.4, -0.2) is 47.0 Å². The summed E-state index contributed by atoms with van der Waals surface area (Å²) in [6, 6.07) is 0. The smallest absolute Gasteiger partial charge is 0.264 e. The lowest BCUT2D eigenvalue weighted by Crippen LogP contribution is -2.39. The molecule has 0 radical (unpaired) electrons. The van der Waals surface area contributed by atoms with Crippen LogP contribution in [0.4, 0.5) is 0 Å². The fraction of sp³-hybridized carbons (Fsp3) is 0.667. The molecule has 6 nitrogen and oxygen atoms in total. The summed E-state index contributed by atoms with van der Waals surface area (Å²) in [5.41, 5.74) is 0.0864. The van der Waals surface area contributed by atoms with Crippen molar-refractivity contribution in [3.63, 3.8) is 0 Å². The molecule has 1 aliphatic heterocycles. The molecular formula is C15H24N4O2. The highest BCUT2D eigenvalue weighted by atomic mass is 16.2. The summed E-state index contributed by atoms with van der Waals surface area (Å²) in [6.45, 7) is 10.6. The number of aromatic amines is 1. The fourth-order valence-electron chi connectivity index (χ4n) is 2.40. The summed E-state index contributed by atoms with van der Waals surface area (Å²) < 4.78 is 0. The Labute approximate surface area is 125 Å². The monoisotopic (exact) mass is 292 g/mol. The Kier molecular flexibility index (Phi) is 4.46. The van der Waals surface area contributed by atoms with Crippen molar-refractivity contribution < 1.29 is 4.79 Å². The Morgan fingerprint density at radius 1 is 1.24 bits per heavy atom. The first-order valence-corrected chi connectivity index (χ1v) is 7.42. The third-order valence-electron chi connectivity index (χ3n) is 3.65. The maximum atomic E-state index is 12.6. The largest absolute Gasteiger partial charge is 0.337 e. The van der Waals surface area contributed by atoms with Crippen LogP contribution in [-0.2, 0) is 5.41 Å². The van der Waals surface area contributed by atoms with Crippen LogP contribution in [0.15, 0.2) is 4.79 Å². The van der Waals surface area contributed by atoms with Crippen molar-refractivity contribution >= 4 is 5.91 Å². The summed E-state index contributed by atoms with van der Waals surface area (Å²) in [7, 11) is 0. The van der Waals surface area contributed by atoms with Crippen molar-refractivity contribution in [2.75, 3.05) is 26.2 Å². The molecule has 0 aliphatic carbocycles. The molecule has 1 aromatic rings. The van der Waals surface area contributed by atoms with Crippen LogP contribution in [0.25, 0.3) is 0 Å². The lowest BCUT2D eigenvalue weighted by atomic mass is 9.95. The predicted molar refractivity (Wildman–Crippen MR) is 81.7 cm³/mol. The summed E-state index contributed by atoms with van der Waals surface area (Å²) in [6.07, 6.45) is 0.899. The average molecular weight is 292 g/mol. The van der Waals surface area contributed by atoms with Gasteiger partial charge in [-0.15, -0.1) is 0 Å². The van der Waals surface area contributed by atoms with Gasteiger partial charge in [0.05, 0.1) is 5.69 Å². The minimum atomic E-state index is -0.338. The Bertz CT molecular complexity index is 578. The number of nitrogens with zero attached hydrogens (tertiary/aromatic N) is 2. The molecule has 2 heterocycles. The van der Waals surface area contributed by atoms with Gasteiger partial charge in [-0.3, -0.25) is 9.59 Å². The molecule has 0 aromatic carbocycles. The van der Waals surface area contributed by atoms with Gasteiger partial charge in [0.25, 0.3) is 11.5 Å². The lowest BCUT2D eigenvalue weighted by Gasteiger charge is -2.22.